The van der Waals surface area contributed by atoms with E-state index in [1.54, 1.807) is 43.3 Å². The Morgan fingerprint density at radius 2 is 1.86 bits per heavy atom. The number of nitrogens with one attached hydrogen (secondary N) is 1. The van der Waals surface area contributed by atoms with Crippen LogP contribution >= 0.6 is 11.6 Å². The van der Waals surface area contributed by atoms with Crippen LogP contribution in [0.15, 0.2) is 36.4 Å². The van der Waals surface area contributed by atoms with Crippen molar-refractivity contribution in [2.75, 3.05) is 29.1 Å². The number of benzene rings is 2. The van der Waals surface area contributed by atoms with Gasteiger partial charge in [0, 0.05) is 16.8 Å². The van der Waals surface area contributed by atoms with E-state index in [1.165, 1.54) is 0 Å². The van der Waals surface area contributed by atoms with Gasteiger partial charge in [0.15, 0.2) is 11.5 Å². The van der Waals surface area contributed by atoms with Gasteiger partial charge < -0.3 is 14.8 Å². The first kappa shape index (κ1) is 21.3. The van der Waals surface area contributed by atoms with Crippen LogP contribution in [0.2, 0.25) is 5.02 Å². The van der Waals surface area contributed by atoms with E-state index < -0.39 is 22.0 Å². The summed E-state index contributed by atoms with van der Waals surface area (Å²) in [6, 6.07) is 9.02. The summed E-state index contributed by atoms with van der Waals surface area (Å²) in [5.74, 6) is 0.687. The predicted molar refractivity (Wildman–Crippen MR) is 114 cm³/mol. The minimum atomic E-state index is -3.74. The number of anilines is 2. The van der Waals surface area contributed by atoms with Crippen LogP contribution in [0.5, 0.6) is 11.5 Å². The molecule has 7 nitrogen and oxygen atoms in total. The zero-order valence-corrected chi connectivity index (χ0v) is 18.0. The van der Waals surface area contributed by atoms with Gasteiger partial charge >= 0.3 is 0 Å². The molecular weight excluding hydrogens is 416 g/mol. The van der Waals surface area contributed by atoms with Crippen LogP contribution in [0.4, 0.5) is 11.4 Å². The number of carbonyl (C=O) groups excluding carboxylic acids is 1. The summed E-state index contributed by atoms with van der Waals surface area (Å²) in [6.45, 7) is 4.47. The molecule has 0 aromatic heterocycles. The molecular formula is C20H23ClN2O5S. The average Bonchev–Trinajstić information content (AvgIpc) is 2.67. The number of hydrogen-bond donors (Lipinski definition) is 1. The van der Waals surface area contributed by atoms with Crippen LogP contribution in [0.3, 0.4) is 0 Å². The van der Waals surface area contributed by atoms with Gasteiger partial charge in [-0.05, 0) is 43.2 Å². The normalized spacial score (nSPS) is 14.2. The van der Waals surface area contributed by atoms with Crippen LogP contribution < -0.4 is 19.1 Å². The number of hydrogen-bond acceptors (Lipinski definition) is 5. The first-order valence-electron chi connectivity index (χ1n) is 9.16. The molecule has 0 saturated heterocycles. The van der Waals surface area contributed by atoms with Gasteiger partial charge in [-0.15, -0.1) is 0 Å². The van der Waals surface area contributed by atoms with E-state index in [0.717, 1.165) is 16.1 Å². The van der Waals surface area contributed by atoms with Crippen molar-refractivity contribution in [3.63, 3.8) is 0 Å². The zero-order valence-electron chi connectivity index (χ0n) is 16.4. The number of amides is 1. The fourth-order valence-corrected chi connectivity index (χ4v) is 4.50. The Bertz CT molecular complexity index is 1030. The van der Waals surface area contributed by atoms with Gasteiger partial charge in [-0.25, -0.2) is 8.42 Å². The number of sulfonamides is 1. The minimum absolute atomic E-state index is 0.273. The second kappa shape index (κ2) is 8.51. The van der Waals surface area contributed by atoms with E-state index in [2.05, 4.69) is 5.32 Å². The molecule has 2 aromatic carbocycles. The summed E-state index contributed by atoms with van der Waals surface area (Å²) < 4.78 is 37.2. The van der Waals surface area contributed by atoms with Crippen LogP contribution in [-0.4, -0.2) is 39.8 Å². The maximum absolute atomic E-state index is 13.0. The lowest BCUT2D eigenvalue weighted by Crippen LogP contribution is -2.47. The highest BCUT2D eigenvalue weighted by Crippen LogP contribution is 2.33. The summed E-state index contributed by atoms with van der Waals surface area (Å²) in [6.07, 6.45) is 1.34. The Labute approximate surface area is 175 Å². The molecule has 0 aliphatic carbocycles. The van der Waals surface area contributed by atoms with Crippen molar-refractivity contribution >= 4 is 38.9 Å². The molecule has 0 bridgehead atoms. The molecule has 0 radical (unpaired) electrons. The average molecular weight is 439 g/mol. The third-order valence-corrected chi connectivity index (χ3v) is 6.14. The number of rotatable bonds is 6. The van der Waals surface area contributed by atoms with Crippen molar-refractivity contribution in [2.24, 2.45) is 0 Å². The number of halogens is 1. The Balaban J connectivity index is 1.90. The summed E-state index contributed by atoms with van der Waals surface area (Å²) in [7, 11) is -3.74. The Morgan fingerprint density at radius 1 is 1.17 bits per heavy atom. The molecule has 2 aromatic rings. The largest absolute Gasteiger partial charge is 0.486 e. The highest BCUT2D eigenvalue weighted by Gasteiger charge is 2.32. The number of fused-ring (bicyclic) bond motifs is 1. The molecule has 1 heterocycles. The predicted octanol–water partition coefficient (Wildman–Crippen LogP) is 3.60. The summed E-state index contributed by atoms with van der Waals surface area (Å²) in [5, 5.41) is 3.21. The molecule has 0 fully saturated rings. The monoisotopic (exact) mass is 438 g/mol. The maximum Gasteiger partial charge on any atom is 0.248 e. The van der Waals surface area contributed by atoms with Gasteiger partial charge in [0.1, 0.15) is 19.3 Å². The first-order chi connectivity index (χ1) is 13.7. The van der Waals surface area contributed by atoms with Gasteiger partial charge in [-0.2, -0.15) is 0 Å². The Kier molecular flexibility index (Phi) is 6.24. The molecule has 1 aliphatic rings. The molecule has 29 heavy (non-hydrogen) atoms. The number of nitrogens with zero attached hydrogens (tertiary/aromatic N) is 1. The van der Waals surface area contributed by atoms with E-state index in [9.17, 15) is 13.2 Å². The molecule has 1 atom stereocenters. The van der Waals surface area contributed by atoms with Crippen LogP contribution in [0.25, 0.3) is 0 Å². The summed E-state index contributed by atoms with van der Waals surface area (Å²) in [5.41, 5.74) is 1.65. The molecule has 1 aliphatic heterocycles. The standard InChI is InChI=1S/C20H23ClN2O5S/c1-4-17(23(29(3,25)26)15-7-5-13(2)16(21)12-15)20(24)22-14-6-8-18-19(11-14)28-10-9-27-18/h5-8,11-12,17H,4,9-10H2,1-3H3,(H,22,24)/t17-/m1/s1. The van der Waals surface area contributed by atoms with E-state index >= 15 is 0 Å². The van der Waals surface area contributed by atoms with Gasteiger partial charge in [-0.1, -0.05) is 24.6 Å². The summed E-state index contributed by atoms with van der Waals surface area (Å²) in [4.78, 5) is 13.0. The fraction of sp³-hybridized carbons (Fsp3) is 0.350. The molecule has 156 valence electrons. The second-order valence-corrected chi connectivity index (χ2v) is 9.03. The van der Waals surface area contributed by atoms with Crippen LogP contribution in [0, 0.1) is 6.92 Å². The van der Waals surface area contributed by atoms with Crippen molar-refractivity contribution in [1.82, 2.24) is 0 Å². The second-order valence-electron chi connectivity index (χ2n) is 6.76. The van der Waals surface area contributed by atoms with Crippen molar-refractivity contribution in [2.45, 2.75) is 26.3 Å². The minimum Gasteiger partial charge on any atom is -0.486 e. The van der Waals surface area contributed by atoms with Gasteiger partial charge in [0.05, 0.1) is 11.9 Å². The lowest BCUT2D eigenvalue weighted by Gasteiger charge is -2.30. The highest BCUT2D eigenvalue weighted by molar-refractivity contribution is 7.92. The summed E-state index contributed by atoms with van der Waals surface area (Å²) >= 11 is 6.18. The molecule has 3 rings (SSSR count). The Hall–Kier alpha value is -2.45. The number of ether oxygens (including phenoxy) is 2. The van der Waals surface area contributed by atoms with E-state index in [1.807, 2.05) is 6.92 Å². The van der Waals surface area contributed by atoms with E-state index in [4.69, 9.17) is 21.1 Å². The lowest BCUT2D eigenvalue weighted by molar-refractivity contribution is -0.117. The SMILES string of the molecule is CC[C@H](C(=O)Nc1ccc2c(c1)OCCO2)N(c1ccc(C)c(Cl)c1)S(C)(=O)=O. The van der Waals surface area contributed by atoms with Gasteiger partial charge in [-0.3, -0.25) is 9.10 Å². The lowest BCUT2D eigenvalue weighted by atomic mass is 10.1. The highest BCUT2D eigenvalue weighted by atomic mass is 35.5. The van der Waals surface area contributed by atoms with Crippen molar-refractivity contribution < 1.29 is 22.7 Å². The quantitative estimate of drug-likeness (QED) is 0.744. The molecule has 0 saturated carbocycles. The van der Waals surface area contributed by atoms with Crippen molar-refractivity contribution in [3.05, 3.63) is 47.0 Å². The first-order valence-corrected chi connectivity index (χ1v) is 11.4. The number of carbonyl (C=O) groups is 1. The third-order valence-electron chi connectivity index (χ3n) is 4.55. The van der Waals surface area contributed by atoms with Crippen molar-refractivity contribution in [3.8, 4) is 11.5 Å². The molecule has 9 heteroatoms. The van der Waals surface area contributed by atoms with Crippen molar-refractivity contribution in [1.29, 1.82) is 0 Å². The topological polar surface area (TPSA) is 84.9 Å². The van der Waals surface area contributed by atoms with E-state index in [-0.39, 0.29) is 6.42 Å². The third kappa shape index (κ3) is 4.76. The van der Waals surface area contributed by atoms with Gasteiger partial charge in [0.25, 0.3) is 0 Å². The van der Waals surface area contributed by atoms with Crippen LogP contribution in [0.1, 0.15) is 18.9 Å². The fourth-order valence-electron chi connectivity index (χ4n) is 3.13. The van der Waals surface area contributed by atoms with E-state index in [0.29, 0.717) is 41.1 Å². The molecule has 1 amide bonds. The molecule has 0 spiro atoms. The number of aryl methyl sites for hydroxylation is 1. The van der Waals surface area contributed by atoms with Crippen LogP contribution in [-0.2, 0) is 14.8 Å². The zero-order chi connectivity index (χ0) is 21.2. The molecule has 0 unspecified atom stereocenters. The smallest absolute Gasteiger partial charge is 0.248 e. The maximum atomic E-state index is 13.0. The Morgan fingerprint density at radius 3 is 2.48 bits per heavy atom. The molecule has 1 N–H and O–H groups in total. The van der Waals surface area contributed by atoms with Gasteiger partial charge in [0.2, 0.25) is 15.9 Å².